The molecular formula is C21H23FN2O2. The van der Waals surface area contributed by atoms with Gasteiger partial charge in [0, 0.05) is 31.1 Å². The quantitative estimate of drug-likeness (QED) is 0.916. The number of hydrogen-bond acceptors (Lipinski definition) is 2. The van der Waals surface area contributed by atoms with Crippen molar-refractivity contribution >= 4 is 11.8 Å². The molecule has 1 fully saturated rings. The molecule has 0 aliphatic carbocycles. The average molecular weight is 354 g/mol. The van der Waals surface area contributed by atoms with Crippen LogP contribution in [0, 0.1) is 18.7 Å². The molecule has 0 spiro atoms. The third-order valence-electron chi connectivity index (χ3n) is 4.94. The maximum Gasteiger partial charge on any atom is 0.253 e. The molecule has 1 N–H and O–H groups in total. The molecule has 0 unspecified atom stereocenters. The zero-order valence-electron chi connectivity index (χ0n) is 14.9. The van der Waals surface area contributed by atoms with Gasteiger partial charge >= 0.3 is 0 Å². The highest BCUT2D eigenvalue weighted by atomic mass is 19.1. The fourth-order valence-electron chi connectivity index (χ4n) is 3.28. The third kappa shape index (κ3) is 4.28. The highest BCUT2D eigenvalue weighted by molar-refractivity contribution is 5.94. The topological polar surface area (TPSA) is 49.4 Å². The average Bonchev–Trinajstić information content (AvgIpc) is 2.66. The summed E-state index contributed by atoms with van der Waals surface area (Å²) in [6.45, 7) is 3.57. The first-order valence-corrected chi connectivity index (χ1v) is 8.91. The van der Waals surface area contributed by atoms with Crippen LogP contribution in [-0.2, 0) is 11.3 Å². The van der Waals surface area contributed by atoms with Crippen molar-refractivity contribution in [3.8, 4) is 0 Å². The largest absolute Gasteiger partial charge is 0.352 e. The fourth-order valence-corrected chi connectivity index (χ4v) is 3.28. The molecule has 26 heavy (non-hydrogen) atoms. The van der Waals surface area contributed by atoms with Gasteiger partial charge in [0.1, 0.15) is 5.82 Å². The highest BCUT2D eigenvalue weighted by Gasteiger charge is 2.27. The number of rotatable bonds is 4. The standard InChI is InChI=1S/C21H23FN2O2/c1-15-5-2-3-6-18(15)14-23-20(25)16-9-11-24(12-10-16)21(26)17-7-4-8-19(22)13-17/h2-8,13,16H,9-12,14H2,1H3,(H,23,25). The maximum atomic E-state index is 13.3. The minimum atomic E-state index is -0.415. The number of benzene rings is 2. The number of amides is 2. The molecule has 2 aromatic rings. The van der Waals surface area contributed by atoms with Crippen molar-refractivity contribution in [3.05, 3.63) is 71.0 Å². The summed E-state index contributed by atoms with van der Waals surface area (Å²) in [5, 5.41) is 3.00. The Morgan fingerprint density at radius 2 is 1.85 bits per heavy atom. The van der Waals surface area contributed by atoms with E-state index in [2.05, 4.69) is 5.32 Å². The van der Waals surface area contributed by atoms with E-state index < -0.39 is 5.82 Å². The first-order chi connectivity index (χ1) is 12.5. The smallest absolute Gasteiger partial charge is 0.253 e. The van der Waals surface area contributed by atoms with Crippen molar-refractivity contribution in [2.24, 2.45) is 5.92 Å². The number of carbonyl (C=O) groups excluding carboxylic acids is 2. The molecule has 1 aliphatic heterocycles. The van der Waals surface area contributed by atoms with Gasteiger partial charge in [-0.25, -0.2) is 4.39 Å². The SMILES string of the molecule is Cc1ccccc1CNC(=O)C1CCN(C(=O)c2cccc(F)c2)CC1. The predicted octanol–water partition coefficient (Wildman–Crippen LogP) is 3.30. The number of piperidine rings is 1. The third-order valence-corrected chi connectivity index (χ3v) is 4.94. The highest BCUT2D eigenvalue weighted by Crippen LogP contribution is 2.20. The first kappa shape index (κ1) is 18.1. The van der Waals surface area contributed by atoms with E-state index in [0.29, 0.717) is 38.0 Å². The van der Waals surface area contributed by atoms with Crippen LogP contribution in [0.25, 0.3) is 0 Å². The lowest BCUT2D eigenvalue weighted by atomic mass is 9.95. The van der Waals surface area contributed by atoms with Gasteiger partial charge in [-0.15, -0.1) is 0 Å². The summed E-state index contributed by atoms with van der Waals surface area (Å²) in [6, 6.07) is 13.7. The number of nitrogens with zero attached hydrogens (tertiary/aromatic N) is 1. The van der Waals surface area contributed by atoms with Crippen LogP contribution >= 0.6 is 0 Å². The van der Waals surface area contributed by atoms with Gasteiger partial charge in [-0.2, -0.15) is 0 Å². The molecule has 1 saturated heterocycles. The second-order valence-electron chi connectivity index (χ2n) is 6.72. The Labute approximate surface area is 153 Å². The second-order valence-corrected chi connectivity index (χ2v) is 6.72. The van der Waals surface area contributed by atoms with E-state index in [-0.39, 0.29) is 17.7 Å². The number of aryl methyl sites for hydroxylation is 1. The number of nitrogens with one attached hydrogen (secondary N) is 1. The van der Waals surface area contributed by atoms with Crippen molar-refractivity contribution in [2.45, 2.75) is 26.3 Å². The Hall–Kier alpha value is -2.69. The first-order valence-electron chi connectivity index (χ1n) is 8.91. The predicted molar refractivity (Wildman–Crippen MR) is 98.1 cm³/mol. The van der Waals surface area contributed by atoms with Crippen LogP contribution in [0.4, 0.5) is 4.39 Å². The van der Waals surface area contributed by atoms with E-state index in [9.17, 15) is 14.0 Å². The van der Waals surface area contributed by atoms with E-state index in [1.54, 1.807) is 11.0 Å². The van der Waals surface area contributed by atoms with E-state index in [1.165, 1.54) is 18.2 Å². The lowest BCUT2D eigenvalue weighted by molar-refractivity contribution is -0.126. The van der Waals surface area contributed by atoms with Gasteiger partial charge in [0.2, 0.25) is 5.91 Å². The van der Waals surface area contributed by atoms with E-state index >= 15 is 0 Å². The van der Waals surface area contributed by atoms with Crippen molar-refractivity contribution < 1.29 is 14.0 Å². The molecule has 3 rings (SSSR count). The Morgan fingerprint density at radius 1 is 1.12 bits per heavy atom. The number of halogens is 1. The lowest BCUT2D eigenvalue weighted by Gasteiger charge is -2.31. The normalized spacial score (nSPS) is 14.9. The second kappa shape index (κ2) is 8.13. The van der Waals surface area contributed by atoms with Gasteiger partial charge in [-0.05, 0) is 49.1 Å². The Bertz CT molecular complexity index is 798. The minimum absolute atomic E-state index is 0.0334. The summed E-state index contributed by atoms with van der Waals surface area (Å²) >= 11 is 0. The van der Waals surface area contributed by atoms with Crippen LogP contribution in [0.3, 0.4) is 0 Å². The van der Waals surface area contributed by atoms with Gasteiger partial charge in [-0.3, -0.25) is 9.59 Å². The summed E-state index contributed by atoms with van der Waals surface area (Å²) in [7, 11) is 0. The Balaban J connectivity index is 1.51. The zero-order valence-corrected chi connectivity index (χ0v) is 14.9. The molecule has 0 saturated carbocycles. The Morgan fingerprint density at radius 3 is 2.54 bits per heavy atom. The van der Waals surface area contributed by atoms with Crippen LogP contribution in [0.15, 0.2) is 48.5 Å². The number of carbonyl (C=O) groups is 2. The van der Waals surface area contributed by atoms with Crippen LogP contribution < -0.4 is 5.32 Å². The molecule has 0 atom stereocenters. The van der Waals surface area contributed by atoms with Crippen molar-refractivity contribution in [3.63, 3.8) is 0 Å². The van der Waals surface area contributed by atoms with Crippen LogP contribution in [0.2, 0.25) is 0 Å². The van der Waals surface area contributed by atoms with Crippen LogP contribution in [-0.4, -0.2) is 29.8 Å². The van der Waals surface area contributed by atoms with Crippen LogP contribution in [0.1, 0.15) is 34.3 Å². The molecule has 4 nitrogen and oxygen atoms in total. The van der Waals surface area contributed by atoms with E-state index in [0.717, 1.165) is 11.1 Å². The summed E-state index contributed by atoms with van der Waals surface area (Å²) < 4.78 is 13.3. The molecule has 5 heteroatoms. The van der Waals surface area contributed by atoms with Gasteiger partial charge in [0.05, 0.1) is 0 Å². The zero-order chi connectivity index (χ0) is 18.5. The van der Waals surface area contributed by atoms with E-state index in [1.807, 2.05) is 31.2 Å². The summed E-state index contributed by atoms with van der Waals surface area (Å²) in [5.74, 6) is -0.647. The monoisotopic (exact) mass is 354 g/mol. The summed E-state index contributed by atoms with van der Waals surface area (Å²) in [4.78, 5) is 26.5. The lowest BCUT2D eigenvalue weighted by Crippen LogP contribution is -2.43. The molecule has 2 amide bonds. The van der Waals surface area contributed by atoms with Crippen molar-refractivity contribution in [2.75, 3.05) is 13.1 Å². The maximum absolute atomic E-state index is 13.3. The molecule has 0 radical (unpaired) electrons. The molecule has 1 heterocycles. The number of likely N-dealkylation sites (tertiary alicyclic amines) is 1. The molecule has 0 aromatic heterocycles. The molecule has 0 bridgehead atoms. The summed E-state index contributed by atoms with van der Waals surface area (Å²) in [6.07, 6.45) is 1.25. The van der Waals surface area contributed by atoms with Crippen LogP contribution in [0.5, 0.6) is 0 Å². The van der Waals surface area contributed by atoms with Gasteiger partial charge in [-0.1, -0.05) is 30.3 Å². The van der Waals surface area contributed by atoms with Gasteiger partial charge < -0.3 is 10.2 Å². The van der Waals surface area contributed by atoms with Gasteiger partial charge in [0.25, 0.3) is 5.91 Å². The molecular weight excluding hydrogens is 331 g/mol. The minimum Gasteiger partial charge on any atom is -0.352 e. The van der Waals surface area contributed by atoms with E-state index in [4.69, 9.17) is 0 Å². The number of hydrogen-bond donors (Lipinski definition) is 1. The summed E-state index contributed by atoms with van der Waals surface area (Å²) in [5.41, 5.74) is 2.62. The molecule has 1 aliphatic rings. The molecule has 136 valence electrons. The fraction of sp³-hybridized carbons (Fsp3) is 0.333. The Kier molecular flexibility index (Phi) is 5.66. The van der Waals surface area contributed by atoms with Crippen molar-refractivity contribution in [1.82, 2.24) is 10.2 Å². The van der Waals surface area contributed by atoms with Crippen molar-refractivity contribution in [1.29, 1.82) is 0 Å². The van der Waals surface area contributed by atoms with Gasteiger partial charge in [0.15, 0.2) is 0 Å². The molecule has 2 aromatic carbocycles.